The smallest absolute Gasteiger partial charge is 0.328 e. The molecule has 17 unspecified atom stereocenters. The van der Waals surface area contributed by atoms with E-state index in [4.69, 9.17) is 67.8 Å². The third-order valence-electron chi connectivity index (χ3n) is 10.1. The van der Waals surface area contributed by atoms with Gasteiger partial charge in [0, 0.05) is 59.3 Å². The van der Waals surface area contributed by atoms with E-state index in [0.29, 0.717) is 13.2 Å². The summed E-state index contributed by atoms with van der Waals surface area (Å²) in [7, 11) is 3.23. The third-order valence-corrected chi connectivity index (χ3v) is 12.9. The van der Waals surface area contributed by atoms with Crippen LogP contribution >= 0.6 is 14.3 Å². The third kappa shape index (κ3) is 12.2. The van der Waals surface area contributed by atoms with Crippen molar-refractivity contribution in [3.63, 3.8) is 0 Å². The van der Waals surface area contributed by atoms with E-state index >= 15 is 0 Å². The summed E-state index contributed by atoms with van der Waals surface area (Å²) in [6.07, 6.45) is -1.09. The molecule has 290 valence electrons. The number of hydrogen-bond donors (Lipinski definition) is 0. The summed E-state index contributed by atoms with van der Waals surface area (Å²) in [6.45, 7) is 12.8. The zero-order valence-electron chi connectivity index (χ0n) is 31.2. The van der Waals surface area contributed by atoms with Crippen molar-refractivity contribution in [1.29, 1.82) is 0 Å². The Morgan fingerprint density at radius 3 is 1.55 bits per heavy atom. The van der Waals surface area contributed by atoms with Gasteiger partial charge in [-0.3, -0.25) is 4.57 Å². The van der Waals surface area contributed by atoms with Gasteiger partial charge in [-0.1, -0.05) is 32.6 Å². The SMILES string of the molecule is COCC1OC(C)C(C)C1OP(C)(=O)OCC1OC(C)CC1OC.COCC1OC(C)C(C)C1OP([O-])(=S)OCC1OC(C)C(C)C1OC. The van der Waals surface area contributed by atoms with Crippen LogP contribution in [0.1, 0.15) is 54.9 Å². The van der Waals surface area contributed by atoms with E-state index in [1.807, 2.05) is 41.5 Å². The molecule has 17 atom stereocenters. The highest BCUT2D eigenvalue weighted by molar-refractivity contribution is 8.06. The van der Waals surface area contributed by atoms with Crippen LogP contribution in [0.25, 0.3) is 0 Å². The maximum Gasteiger partial charge on any atom is 0.328 e. The van der Waals surface area contributed by atoms with Crippen LogP contribution in [0.2, 0.25) is 0 Å². The first-order valence-electron chi connectivity index (χ1n) is 17.2. The monoisotopic (exact) mass is 763 g/mol. The fourth-order valence-electron chi connectivity index (χ4n) is 6.79. The minimum absolute atomic E-state index is 0.0204. The molecular formula is C32H61O14P2S-. The van der Waals surface area contributed by atoms with Crippen molar-refractivity contribution in [3.8, 4) is 0 Å². The number of methoxy groups -OCH3 is 4. The highest BCUT2D eigenvalue weighted by atomic mass is 32.5. The van der Waals surface area contributed by atoms with Crippen molar-refractivity contribution in [1.82, 2.24) is 0 Å². The Hall–Kier alpha value is 0.360. The number of ether oxygens (including phenoxy) is 8. The lowest BCUT2D eigenvalue weighted by Gasteiger charge is -2.34. The first kappa shape index (κ1) is 43.8. The average Bonchev–Trinajstić information content (AvgIpc) is 3.71. The number of hydrogen-bond acceptors (Lipinski definition) is 15. The van der Waals surface area contributed by atoms with Crippen LogP contribution < -0.4 is 4.89 Å². The van der Waals surface area contributed by atoms with Gasteiger partial charge in [-0.05, 0) is 27.7 Å². The van der Waals surface area contributed by atoms with Gasteiger partial charge < -0.3 is 60.9 Å². The van der Waals surface area contributed by atoms with Crippen molar-refractivity contribution in [2.75, 3.05) is 61.5 Å². The molecule has 0 N–H and O–H groups in total. The standard InChI is InChI=1S/C16H31O7PS.C16H31O7P/c1-9-11(3)22-14(15(9)19-6)8-20-24(17,25)23-16-10(2)12(4)21-13(16)7-18-5;1-10-7-13(19-5)14(21-10)9-20-24(6,17)23-16-11(2)12(3)22-15(16)8-18-4/h9-16H,7-8H2,1-6H3,(H,17,25);10-16H,7-9H2,1-6H3/p-1. The van der Waals surface area contributed by atoms with E-state index in [2.05, 4.69) is 6.92 Å². The molecule has 4 heterocycles. The van der Waals surface area contributed by atoms with Gasteiger partial charge in [0.25, 0.3) is 0 Å². The van der Waals surface area contributed by atoms with E-state index in [9.17, 15) is 9.46 Å². The molecule has 49 heavy (non-hydrogen) atoms. The molecule has 0 aromatic rings. The van der Waals surface area contributed by atoms with Crippen molar-refractivity contribution < 1.29 is 65.4 Å². The molecule has 4 rings (SSSR count). The Morgan fingerprint density at radius 1 is 0.633 bits per heavy atom. The van der Waals surface area contributed by atoms with E-state index in [1.54, 1.807) is 28.4 Å². The van der Waals surface area contributed by atoms with E-state index in [1.165, 1.54) is 6.66 Å². The molecule has 0 bridgehead atoms. The minimum atomic E-state index is -3.68. The van der Waals surface area contributed by atoms with Crippen molar-refractivity contribution in [2.45, 2.75) is 128 Å². The van der Waals surface area contributed by atoms with E-state index in [0.717, 1.165) is 6.42 Å². The van der Waals surface area contributed by atoms with Gasteiger partial charge in [-0.2, -0.15) is 0 Å². The summed E-state index contributed by atoms with van der Waals surface area (Å²) in [5, 5.41) is 0. The quantitative estimate of drug-likeness (QED) is 0.209. The summed E-state index contributed by atoms with van der Waals surface area (Å²) >= 11 is 5.10. The van der Waals surface area contributed by atoms with Crippen LogP contribution in [-0.4, -0.2) is 135 Å². The summed E-state index contributed by atoms with van der Waals surface area (Å²) < 4.78 is 79.8. The largest absolute Gasteiger partial charge is 0.780 e. The highest BCUT2D eigenvalue weighted by Crippen LogP contribution is 2.50. The van der Waals surface area contributed by atoms with Crippen LogP contribution in [0.3, 0.4) is 0 Å². The number of rotatable bonds is 16. The lowest BCUT2D eigenvalue weighted by molar-refractivity contribution is -0.216. The predicted octanol–water partition coefficient (Wildman–Crippen LogP) is 3.95. The van der Waals surface area contributed by atoms with Gasteiger partial charge in [-0.15, -0.1) is 0 Å². The molecule has 4 aliphatic heterocycles. The van der Waals surface area contributed by atoms with Crippen LogP contribution in [0.4, 0.5) is 0 Å². The molecule has 4 fully saturated rings. The van der Waals surface area contributed by atoms with Crippen molar-refractivity contribution >= 4 is 26.1 Å². The molecule has 0 aliphatic carbocycles. The van der Waals surface area contributed by atoms with Crippen molar-refractivity contribution in [3.05, 3.63) is 0 Å². The maximum absolute atomic E-state index is 12.8. The fourth-order valence-corrected chi connectivity index (χ4v) is 9.54. The van der Waals surface area contributed by atoms with Gasteiger partial charge in [0.1, 0.15) is 37.2 Å². The van der Waals surface area contributed by atoms with Gasteiger partial charge >= 0.3 is 7.60 Å². The molecule has 0 spiro atoms. The summed E-state index contributed by atoms with van der Waals surface area (Å²) in [4.78, 5) is 12.7. The molecule has 0 amide bonds. The van der Waals surface area contributed by atoms with E-state index < -0.39 is 20.4 Å². The van der Waals surface area contributed by atoms with Crippen molar-refractivity contribution in [2.24, 2.45) is 17.8 Å². The fraction of sp³-hybridized carbons (Fsp3) is 1.00. The predicted molar refractivity (Wildman–Crippen MR) is 184 cm³/mol. The second-order valence-electron chi connectivity index (χ2n) is 13.8. The summed E-state index contributed by atoms with van der Waals surface area (Å²) in [6, 6.07) is 0. The highest BCUT2D eigenvalue weighted by Gasteiger charge is 2.45. The lowest BCUT2D eigenvalue weighted by Crippen LogP contribution is -2.35. The average molecular weight is 764 g/mol. The Balaban J connectivity index is 0.000000266. The Kier molecular flexibility index (Phi) is 17.5. The molecule has 4 saturated heterocycles. The zero-order chi connectivity index (χ0) is 36.7. The van der Waals surface area contributed by atoms with E-state index in [-0.39, 0.29) is 98.1 Å². The molecule has 17 heteroatoms. The molecule has 0 aromatic heterocycles. The van der Waals surface area contributed by atoms with Crippen LogP contribution in [0.5, 0.6) is 0 Å². The first-order valence-corrected chi connectivity index (χ1v) is 21.7. The molecule has 4 aliphatic rings. The second kappa shape index (κ2) is 19.6. The van der Waals surface area contributed by atoms with Crippen LogP contribution in [0.15, 0.2) is 0 Å². The molecular weight excluding hydrogens is 702 g/mol. The zero-order valence-corrected chi connectivity index (χ0v) is 33.8. The lowest BCUT2D eigenvalue weighted by atomic mass is 9.99. The molecule has 0 aromatic carbocycles. The normalized spacial score (nSPS) is 43.2. The topological polar surface area (TPSA) is 151 Å². The Bertz CT molecular complexity index is 1090. The van der Waals surface area contributed by atoms with Gasteiger partial charge in [0.2, 0.25) is 0 Å². The minimum Gasteiger partial charge on any atom is -0.780 e. The Morgan fingerprint density at radius 2 is 1.08 bits per heavy atom. The molecule has 14 nitrogen and oxygen atoms in total. The maximum atomic E-state index is 12.8. The molecule has 0 saturated carbocycles. The molecule has 0 radical (unpaired) electrons. The Labute approximate surface area is 298 Å². The van der Waals surface area contributed by atoms with Gasteiger partial charge in [0.15, 0.2) is 0 Å². The van der Waals surface area contributed by atoms with Gasteiger partial charge in [0.05, 0.1) is 69.2 Å². The van der Waals surface area contributed by atoms with Gasteiger partial charge in [-0.25, -0.2) is 0 Å². The first-order chi connectivity index (χ1) is 23.0. The van der Waals surface area contributed by atoms with Crippen LogP contribution in [-0.2, 0) is 72.4 Å². The summed E-state index contributed by atoms with van der Waals surface area (Å²) in [5.74, 6) is 0.366. The van der Waals surface area contributed by atoms with Crippen LogP contribution in [0, 0.1) is 17.8 Å². The summed E-state index contributed by atoms with van der Waals surface area (Å²) in [5.41, 5.74) is 0. The second-order valence-corrected chi connectivity index (χ2v) is 18.5.